The Morgan fingerprint density at radius 2 is 2.13 bits per heavy atom. The second-order valence-electron chi connectivity index (χ2n) is 3.55. The quantitative estimate of drug-likeness (QED) is 0.787. The van der Waals surface area contributed by atoms with Crippen molar-refractivity contribution in [3.63, 3.8) is 0 Å². The third-order valence-corrected chi connectivity index (χ3v) is 3.37. The molecule has 0 amide bonds. The Bertz CT molecular complexity index is 322. The molecule has 1 aliphatic heterocycles. The minimum Gasteiger partial charge on any atom is -0.363 e. The highest BCUT2D eigenvalue weighted by molar-refractivity contribution is 8.13. The van der Waals surface area contributed by atoms with E-state index in [2.05, 4.69) is 40.6 Å². The van der Waals surface area contributed by atoms with E-state index in [0.717, 1.165) is 24.0 Å². The number of aliphatic imine (C=N–C) groups is 1. The van der Waals surface area contributed by atoms with Crippen LogP contribution in [0.4, 0.5) is 0 Å². The Labute approximate surface area is 95.2 Å². The zero-order valence-electron chi connectivity index (χ0n) is 8.78. The predicted octanol–water partition coefficient (Wildman–Crippen LogP) is 2.31. The third kappa shape index (κ3) is 3.59. The van der Waals surface area contributed by atoms with Crippen LogP contribution >= 0.6 is 11.8 Å². The van der Waals surface area contributed by atoms with Crippen molar-refractivity contribution < 1.29 is 0 Å². The molecule has 0 atom stereocenters. The zero-order chi connectivity index (χ0) is 10.3. The number of benzene rings is 1. The highest BCUT2D eigenvalue weighted by Crippen LogP contribution is 2.10. The van der Waals surface area contributed by atoms with Gasteiger partial charge < -0.3 is 5.32 Å². The van der Waals surface area contributed by atoms with Gasteiger partial charge in [0.1, 0.15) is 0 Å². The van der Waals surface area contributed by atoms with Gasteiger partial charge in [-0.25, -0.2) is 0 Å². The molecule has 15 heavy (non-hydrogen) atoms. The fourth-order valence-electron chi connectivity index (χ4n) is 1.56. The fourth-order valence-corrected chi connectivity index (χ4v) is 2.43. The van der Waals surface area contributed by atoms with Gasteiger partial charge in [0, 0.05) is 12.3 Å². The monoisotopic (exact) mass is 220 g/mol. The summed E-state index contributed by atoms with van der Waals surface area (Å²) in [6.45, 7) is 1.96. The molecule has 2 nitrogen and oxygen atoms in total. The van der Waals surface area contributed by atoms with Crippen LogP contribution in [0.3, 0.4) is 0 Å². The summed E-state index contributed by atoms with van der Waals surface area (Å²) in [5.74, 6) is 1.15. The van der Waals surface area contributed by atoms with E-state index in [4.69, 9.17) is 0 Å². The second kappa shape index (κ2) is 5.81. The van der Waals surface area contributed by atoms with Crippen LogP contribution in [0.15, 0.2) is 35.3 Å². The van der Waals surface area contributed by atoms with Gasteiger partial charge in [0.2, 0.25) is 0 Å². The molecule has 3 heteroatoms. The van der Waals surface area contributed by atoms with E-state index in [0.29, 0.717) is 0 Å². The first-order chi connectivity index (χ1) is 7.45. The van der Waals surface area contributed by atoms with Crippen LogP contribution in [0.25, 0.3) is 0 Å². The highest BCUT2D eigenvalue weighted by atomic mass is 32.2. The number of hydrogen-bond donors (Lipinski definition) is 1. The maximum Gasteiger partial charge on any atom is 0.156 e. The van der Waals surface area contributed by atoms with Gasteiger partial charge in [-0.05, 0) is 18.4 Å². The van der Waals surface area contributed by atoms with E-state index in [9.17, 15) is 0 Å². The maximum atomic E-state index is 4.35. The molecular formula is C12H16N2S. The van der Waals surface area contributed by atoms with Gasteiger partial charge in [0.05, 0.1) is 6.54 Å². The average molecular weight is 220 g/mol. The van der Waals surface area contributed by atoms with Crippen molar-refractivity contribution in [2.24, 2.45) is 4.99 Å². The highest BCUT2D eigenvalue weighted by Gasteiger charge is 2.04. The Hall–Kier alpha value is -0.960. The first-order valence-corrected chi connectivity index (χ1v) is 6.39. The van der Waals surface area contributed by atoms with Crippen LogP contribution in [-0.4, -0.2) is 24.0 Å². The standard InChI is InChI=1S/C12H16N2S/c1-2-5-11(6-3-1)7-4-10-15-12-13-8-9-14-12/h1-3,5-6H,4,7-10H2,(H,13,14). The van der Waals surface area contributed by atoms with Crippen molar-refractivity contribution in [3.05, 3.63) is 35.9 Å². The lowest BCUT2D eigenvalue weighted by Gasteiger charge is -2.02. The Balaban J connectivity index is 1.63. The van der Waals surface area contributed by atoms with Crippen molar-refractivity contribution in [1.29, 1.82) is 0 Å². The van der Waals surface area contributed by atoms with Crippen molar-refractivity contribution in [1.82, 2.24) is 5.32 Å². The molecule has 0 unspecified atom stereocenters. The van der Waals surface area contributed by atoms with Gasteiger partial charge in [-0.15, -0.1) is 0 Å². The SMILES string of the molecule is c1ccc(CCCSC2=NCCN2)cc1. The lowest BCUT2D eigenvalue weighted by molar-refractivity contribution is 0.934. The second-order valence-corrected chi connectivity index (χ2v) is 4.63. The summed E-state index contributed by atoms with van der Waals surface area (Å²) in [5.41, 5.74) is 1.43. The molecule has 0 bridgehead atoms. The molecule has 1 heterocycles. The lowest BCUT2D eigenvalue weighted by Crippen LogP contribution is -2.15. The summed E-state index contributed by atoms with van der Waals surface area (Å²) in [6, 6.07) is 10.7. The zero-order valence-corrected chi connectivity index (χ0v) is 9.59. The smallest absolute Gasteiger partial charge is 0.156 e. The van der Waals surface area contributed by atoms with Crippen molar-refractivity contribution in [2.45, 2.75) is 12.8 Å². The summed E-state index contributed by atoms with van der Waals surface area (Å²) in [5, 5.41) is 4.40. The molecule has 0 fully saturated rings. The van der Waals surface area contributed by atoms with E-state index in [1.807, 2.05) is 11.8 Å². The van der Waals surface area contributed by atoms with E-state index >= 15 is 0 Å². The molecule has 1 aromatic rings. The fraction of sp³-hybridized carbons (Fsp3) is 0.417. The lowest BCUT2D eigenvalue weighted by atomic mass is 10.1. The molecule has 0 radical (unpaired) electrons. The van der Waals surface area contributed by atoms with Crippen molar-refractivity contribution >= 4 is 16.9 Å². The van der Waals surface area contributed by atoms with Crippen LogP contribution in [0.5, 0.6) is 0 Å². The minimum atomic E-state index is 0.945. The number of rotatable bonds is 4. The van der Waals surface area contributed by atoms with Gasteiger partial charge in [-0.1, -0.05) is 42.1 Å². The number of amidine groups is 1. The number of thioether (sulfide) groups is 1. The van der Waals surface area contributed by atoms with Crippen LogP contribution < -0.4 is 5.32 Å². The first kappa shape index (κ1) is 10.6. The molecule has 0 saturated carbocycles. The largest absolute Gasteiger partial charge is 0.363 e. The summed E-state index contributed by atoms with van der Waals surface area (Å²) in [4.78, 5) is 4.35. The van der Waals surface area contributed by atoms with Crippen molar-refractivity contribution in [3.8, 4) is 0 Å². The summed E-state index contributed by atoms with van der Waals surface area (Å²) in [6.07, 6.45) is 2.39. The summed E-state index contributed by atoms with van der Waals surface area (Å²) in [7, 11) is 0. The molecular weight excluding hydrogens is 204 g/mol. The molecule has 0 aliphatic carbocycles. The molecule has 1 N–H and O–H groups in total. The Morgan fingerprint density at radius 1 is 1.27 bits per heavy atom. The number of hydrogen-bond acceptors (Lipinski definition) is 3. The molecule has 1 aromatic carbocycles. The van der Waals surface area contributed by atoms with Gasteiger partial charge in [-0.2, -0.15) is 0 Å². The van der Waals surface area contributed by atoms with E-state index < -0.39 is 0 Å². The topological polar surface area (TPSA) is 24.4 Å². The molecule has 2 rings (SSSR count). The molecule has 1 aliphatic rings. The van der Waals surface area contributed by atoms with Crippen LogP contribution in [-0.2, 0) is 6.42 Å². The van der Waals surface area contributed by atoms with E-state index in [1.165, 1.54) is 18.4 Å². The summed E-state index contributed by atoms with van der Waals surface area (Å²) >= 11 is 1.84. The number of aryl methyl sites for hydroxylation is 1. The maximum absolute atomic E-state index is 4.35. The first-order valence-electron chi connectivity index (χ1n) is 5.40. The normalized spacial score (nSPS) is 14.8. The minimum absolute atomic E-state index is 0.945. The van der Waals surface area contributed by atoms with Gasteiger partial charge in [0.25, 0.3) is 0 Å². The van der Waals surface area contributed by atoms with Crippen LogP contribution in [0.2, 0.25) is 0 Å². The van der Waals surface area contributed by atoms with Crippen molar-refractivity contribution in [2.75, 3.05) is 18.8 Å². The van der Waals surface area contributed by atoms with E-state index in [-0.39, 0.29) is 0 Å². The van der Waals surface area contributed by atoms with Crippen LogP contribution in [0.1, 0.15) is 12.0 Å². The number of nitrogens with zero attached hydrogens (tertiary/aromatic N) is 1. The molecule has 0 spiro atoms. The van der Waals surface area contributed by atoms with E-state index in [1.54, 1.807) is 0 Å². The molecule has 80 valence electrons. The molecule has 0 saturated heterocycles. The predicted molar refractivity (Wildman–Crippen MR) is 67.5 cm³/mol. The van der Waals surface area contributed by atoms with Gasteiger partial charge in [-0.3, -0.25) is 4.99 Å². The van der Waals surface area contributed by atoms with Crippen LogP contribution in [0, 0.1) is 0 Å². The number of nitrogens with one attached hydrogen (secondary N) is 1. The molecule has 0 aromatic heterocycles. The van der Waals surface area contributed by atoms with Gasteiger partial charge in [0.15, 0.2) is 5.17 Å². The Kier molecular flexibility index (Phi) is 4.09. The Morgan fingerprint density at radius 3 is 2.87 bits per heavy atom. The average Bonchev–Trinajstić information content (AvgIpc) is 2.79. The third-order valence-electron chi connectivity index (χ3n) is 2.33. The van der Waals surface area contributed by atoms with Gasteiger partial charge >= 0.3 is 0 Å². The summed E-state index contributed by atoms with van der Waals surface area (Å²) < 4.78 is 0.